The van der Waals surface area contributed by atoms with E-state index >= 15 is 0 Å². The van der Waals surface area contributed by atoms with Crippen molar-refractivity contribution in [2.45, 2.75) is 33.9 Å². The normalized spacial score (nSPS) is 11.1. The number of carbonyl (C=O) groups is 2. The van der Waals surface area contributed by atoms with Crippen LogP contribution in [0.15, 0.2) is 22.7 Å². The SMILES string of the molecule is CCn1cc(NC(=O)c2ccc(COc3c(Cl)c(Cl)c(Cl)c(Cl)c3Cl)o2)c(C(=O)NCC(C)C)n1. The smallest absolute Gasteiger partial charge is 0.291 e. The number of halogens is 5. The minimum Gasteiger partial charge on any atom is -0.482 e. The Morgan fingerprint density at radius 3 is 2.26 bits per heavy atom. The second-order valence-electron chi connectivity index (χ2n) is 7.76. The van der Waals surface area contributed by atoms with Crippen LogP contribution in [0.3, 0.4) is 0 Å². The molecular formula is C22H21Cl5N4O4. The molecule has 0 aliphatic carbocycles. The van der Waals surface area contributed by atoms with Crippen molar-refractivity contribution < 1.29 is 18.7 Å². The van der Waals surface area contributed by atoms with Crippen LogP contribution in [0.4, 0.5) is 5.69 Å². The molecule has 0 saturated carbocycles. The number of aromatic nitrogens is 2. The second-order valence-corrected chi connectivity index (χ2v) is 9.65. The van der Waals surface area contributed by atoms with Gasteiger partial charge >= 0.3 is 0 Å². The Labute approximate surface area is 226 Å². The highest BCUT2D eigenvalue weighted by atomic mass is 35.5. The molecule has 2 amide bonds. The predicted octanol–water partition coefficient (Wildman–Crippen LogP) is 6.98. The summed E-state index contributed by atoms with van der Waals surface area (Å²) in [5.41, 5.74) is 0.369. The maximum Gasteiger partial charge on any atom is 0.291 e. The van der Waals surface area contributed by atoms with Gasteiger partial charge in [-0.25, -0.2) is 0 Å². The number of amides is 2. The molecule has 2 N–H and O–H groups in total. The number of ether oxygens (including phenoxy) is 1. The van der Waals surface area contributed by atoms with Gasteiger partial charge in [0.05, 0.1) is 20.8 Å². The minimum absolute atomic E-state index is 0.00175. The minimum atomic E-state index is -0.571. The molecule has 2 heterocycles. The number of benzene rings is 1. The van der Waals surface area contributed by atoms with Gasteiger partial charge in [-0.3, -0.25) is 14.3 Å². The Bertz CT molecular complexity index is 1230. The van der Waals surface area contributed by atoms with Gasteiger partial charge in [0.1, 0.15) is 22.4 Å². The molecule has 8 nitrogen and oxygen atoms in total. The van der Waals surface area contributed by atoms with E-state index in [2.05, 4.69) is 15.7 Å². The zero-order chi connectivity index (χ0) is 25.9. The molecule has 0 spiro atoms. The number of furan rings is 1. The van der Waals surface area contributed by atoms with Crippen molar-refractivity contribution >= 4 is 75.5 Å². The molecule has 0 bridgehead atoms. The molecule has 1 aromatic carbocycles. The van der Waals surface area contributed by atoms with Crippen molar-refractivity contribution in [2.75, 3.05) is 11.9 Å². The topological polar surface area (TPSA) is 98.4 Å². The van der Waals surface area contributed by atoms with Crippen LogP contribution in [0.2, 0.25) is 25.1 Å². The molecule has 13 heteroatoms. The lowest BCUT2D eigenvalue weighted by atomic mass is 10.2. The third-order valence-corrected chi connectivity index (χ3v) is 6.88. The second kappa shape index (κ2) is 11.8. The molecule has 0 radical (unpaired) electrons. The molecule has 0 saturated heterocycles. The number of nitrogens with zero attached hydrogens (tertiary/aromatic N) is 2. The summed E-state index contributed by atoms with van der Waals surface area (Å²) in [5, 5.41) is 9.69. The molecule has 0 fully saturated rings. The van der Waals surface area contributed by atoms with Crippen LogP contribution in [-0.4, -0.2) is 28.1 Å². The first-order valence-corrected chi connectivity index (χ1v) is 12.3. The van der Waals surface area contributed by atoms with Gasteiger partial charge < -0.3 is 19.8 Å². The van der Waals surface area contributed by atoms with Gasteiger partial charge in [-0.05, 0) is 25.0 Å². The zero-order valence-electron chi connectivity index (χ0n) is 18.8. The van der Waals surface area contributed by atoms with Gasteiger partial charge in [-0.1, -0.05) is 71.9 Å². The molecule has 3 aromatic rings. The van der Waals surface area contributed by atoms with Gasteiger partial charge in [-0.15, -0.1) is 0 Å². The third-order valence-electron chi connectivity index (χ3n) is 4.63. The summed E-state index contributed by atoms with van der Waals surface area (Å²) in [6, 6.07) is 3.00. The average Bonchev–Trinajstić information content (AvgIpc) is 3.47. The Morgan fingerprint density at radius 2 is 1.66 bits per heavy atom. The van der Waals surface area contributed by atoms with Gasteiger partial charge in [0, 0.05) is 19.3 Å². The van der Waals surface area contributed by atoms with E-state index in [1.807, 2.05) is 20.8 Å². The lowest BCUT2D eigenvalue weighted by Gasteiger charge is -2.12. The van der Waals surface area contributed by atoms with Crippen LogP contribution in [0.25, 0.3) is 0 Å². The molecular weight excluding hydrogens is 562 g/mol. The van der Waals surface area contributed by atoms with Crippen molar-refractivity contribution in [1.29, 1.82) is 0 Å². The summed E-state index contributed by atoms with van der Waals surface area (Å²) < 4.78 is 12.7. The van der Waals surface area contributed by atoms with Gasteiger partial charge in [-0.2, -0.15) is 5.10 Å². The van der Waals surface area contributed by atoms with E-state index in [1.54, 1.807) is 16.9 Å². The average molecular weight is 583 g/mol. The van der Waals surface area contributed by atoms with E-state index in [4.69, 9.17) is 67.2 Å². The number of rotatable bonds is 9. The van der Waals surface area contributed by atoms with E-state index in [-0.39, 0.29) is 66.4 Å². The standard InChI is InChI=1S/C22H21Cl5N4O4/c1-4-31-8-12(19(30-31)22(33)28-7-10(2)3)29-21(32)13-6-5-11(35-13)9-34-20-17(26)15(24)14(23)16(25)18(20)27/h5-6,8,10H,4,7,9H2,1-3H3,(H,28,33)(H,29,32). The maximum atomic E-state index is 12.8. The summed E-state index contributed by atoms with van der Waals surface area (Å²) in [4.78, 5) is 25.3. The van der Waals surface area contributed by atoms with Gasteiger partial charge in [0.25, 0.3) is 11.8 Å². The summed E-state index contributed by atoms with van der Waals surface area (Å²) in [5.74, 6) is -0.380. The van der Waals surface area contributed by atoms with Crippen molar-refractivity contribution in [3.63, 3.8) is 0 Å². The summed E-state index contributed by atoms with van der Waals surface area (Å²) >= 11 is 30.4. The fourth-order valence-electron chi connectivity index (χ4n) is 2.84. The Kier molecular flexibility index (Phi) is 9.23. The molecule has 0 atom stereocenters. The number of nitrogens with one attached hydrogen (secondary N) is 2. The number of hydrogen-bond donors (Lipinski definition) is 2. The van der Waals surface area contributed by atoms with E-state index < -0.39 is 5.91 Å². The van der Waals surface area contributed by atoms with Crippen molar-refractivity contribution in [3.05, 3.63) is 60.7 Å². The van der Waals surface area contributed by atoms with E-state index in [9.17, 15) is 9.59 Å². The third kappa shape index (κ3) is 6.37. The van der Waals surface area contributed by atoms with E-state index in [1.165, 1.54) is 6.07 Å². The molecule has 0 aliphatic rings. The van der Waals surface area contributed by atoms with Crippen LogP contribution in [0.1, 0.15) is 47.6 Å². The largest absolute Gasteiger partial charge is 0.482 e. The Morgan fingerprint density at radius 1 is 1.03 bits per heavy atom. The molecule has 35 heavy (non-hydrogen) atoms. The first-order chi connectivity index (χ1) is 16.5. The van der Waals surface area contributed by atoms with E-state index in [0.717, 1.165) is 0 Å². The predicted molar refractivity (Wildman–Crippen MR) is 138 cm³/mol. The van der Waals surface area contributed by atoms with Crippen molar-refractivity contribution in [3.8, 4) is 5.75 Å². The highest BCUT2D eigenvalue weighted by Crippen LogP contribution is 2.48. The number of anilines is 1. The quantitative estimate of drug-likeness (QED) is 0.210. The van der Waals surface area contributed by atoms with Crippen LogP contribution in [0, 0.1) is 5.92 Å². The molecule has 3 rings (SSSR count). The fourth-order valence-corrected chi connectivity index (χ4v) is 4.07. The Hall–Kier alpha value is -2.10. The summed E-state index contributed by atoms with van der Waals surface area (Å²) in [6.07, 6.45) is 1.58. The van der Waals surface area contributed by atoms with Crippen molar-refractivity contribution in [1.82, 2.24) is 15.1 Å². The lowest BCUT2D eigenvalue weighted by Crippen LogP contribution is -2.28. The number of aryl methyl sites for hydroxylation is 1. The first-order valence-electron chi connectivity index (χ1n) is 10.4. The molecule has 188 valence electrons. The van der Waals surface area contributed by atoms with Crippen molar-refractivity contribution in [2.24, 2.45) is 5.92 Å². The van der Waals surface area contributed by atoms with Gasteiger partial charge in [0.2, 0.25) is 0 Å². The molecule has 0 unspecified atom stereocenters. The van der Waals surface area contributed by atoms with E-state index in [0.29, 0.717) is 18.8 Å². The number of hydrogen-bond acceptors (Lipinski definition) is 5. The van der Waals surface area contributed by atoms with Gasteiger partial charge in [0.15, 0.2) is 17.2 Å². The number of carbonyl (C=O) groups excluding carboxylic acids is 2. The monoisotopic (exact) mass is 580 g/mol. The zero-order valence-corrected chi connectivity index (χ0v) is 22.6. The molecule has 0 aliphatic heterocycles. The summed E-state index contributed by atoms with van der Waals surface area (Å²) in [7, 11) is 0. The fraction of sp³-hybridized carbons (Fsp3) is 0.318. The Balaban J connectivity index is 1.72. The summed E-state index contributed by atoms with van der Waals surface area (Å²) in [6.45, 7) is 6.69. The highest BCUT2D eigenvalue weighted by molar-refractivity contribution is 6.55. The highest BCUT2D eigenvalue weighted by Gasteiger charge is 2.23. The first kappa shape index (κ1) is 27.5. The van der Waals surface area contributed by atoms with Crippen LogP contribution in [0.5, 0.6) is 5.75 Å². The molecule has 2 aromatic heterocycles. The van der Waals surface area contributed by atoms with Crippen LogP contribution >= 0.6 is 58.0 Å². The maximum absolute atomic E-state index is 12.8. The van der Waals surface area contributed by atoms with Crippen LogP contribution in [-0.2, 0) is 13.2 Å². The lowest BCUT2D eigenvalue weighted by molar-refractivity contribution is 0.0944. The van der Waals surface area contributed by atoms with Crippen LogP contribution < -0.4 is 15.4 Å².